The van der Waals surface area contributed by atoms with Crippen LogP contribution in [0, 0.1) is 11.6 Å². The second-order valence-corrected chi connectivity index (χ2v) is 3.90. The highest BCUT2D eigenvalue weighted by Crippen LogP contribution is 2.30. The number of ether oxygens (including phenoxy) is 1. The maximum atomic E-state index is 13.8. The average molecular weight is 227 g/mol. The molecule has 1 aromatic carbocycles. The Morgan fingerprint density at radius 3 is 2.81 bits per heavy atom. The van der Waals surface area contributed by atoms with E-state index in [2.05, 4.69) is 5.32 Å². The van der Waals surface area contributed by atoms with E-state index in [0.717, 1.165) is 13.0 Å². The largest absolute Gasteiger partial charge is 0.491 e. The van der Waals surface area contributed by atoms with Crippen molar-refractivity contribution >= 4 is 0 Å². The predicted octanol–water partition coefficient (Wildman–Crippen LogP) is 2.44. The smallest absolute Gasteiger partial charge is 0.200 e. The van der Waals surface area contributed by atoms with E-state index in [9.17, 15) is 8.78 Å². The monoisotopic (exact) mass is 227 g/mol. The van der Waals surface area contributed by atoms with E-state index in [1.807, 2.05) is 0 Å². The fraction of sp³-hybridized carbons (Fsp3) is 0.500. The summed E-state index contributed by atoms with van der Waals surface area (Å²) >= 11 is 0. The van der Waals surface area contributed by atoms with Crippen molar-refractivity contribution in [3.05, 3.63) is 29.3 Å². The van der Waals surface area contributed by atoms with Gasteiger partial charge in [-0.3, -0.25) is 0 Å². The third-order valence-corrected chi connectivity index (χ3v) is 2.88. The van der Waals surface area contributed by atoms with Crippen LogP contribution in [-0.2, 0) is 0 Å². The summed E-state index contributed by atoms with van der Waals surface area (Å²) in [6, 6.07) is 3.14. The number of hydrogen-bond acceptors (Lipinski definition) is 2. The van der Waals surface area contributed by atoms with Crippen molar-refractivity contribution in [1.82, 2.24) is 5.32 Å². The maximum absolute atomic E-state index is 13.8. The number of rotatable bonds is 3. The summed E-state index contributed by atoms with van der Waals surface area (Å²) in [6.07, 6.45) is 0.852. The standard InChI is InChI=1S/C12H15F2NO/c1-2-16-10-4-3-9(11(13)12(10)14)8-5-6-15-7-8/h3-4,8,15H,2,5-7H2,1H3. The molecule has 88 valence electrons. The van der Waals surface area contributed by atoms with Gasteiger partial charge >= 0.3 is 0 Å². The lowest BCUT2D eigenvalue weighted by molar-refractivity contribution is 0.313. The molecule has 0 amide bonds. The zero-order chi connectivity index (χ0) is 11.5. The molecule has 1 fully saturated rings. The molecule has 0 spiro atoms. The van der Waals surface area contributed by atoms with Crippen LogP contribution in [0.1, 0.15) is 24.8 Å². The Morgan fingerprint density at radius 2 is 2.19 bits per heavy atom. The van der Waals surface area contributed by atoms with Crippen LogP contribution in [0.4, 0.5) is 8.78 Å². The van der Waals surface area contributed by atoms with Crippen molar-refractivity contribution in [2.75, 3.05) is 19.7 Å². The van der Waals surface area contributed by atoms with Crippen LogP contribution in [0.3, 0.4) is 0 Å². The van der Waals surface area contributed by atoms with Gasteiger partial charge in [-0.2, -0.15) is 4.39 Å². The van der Waals surface area contributed by atoms with Gasteiger partial charge < -0.3 is 10.1 Å². The molecule has 1 heterocycles. The molecule has 2 rings (SSSR count). The van der Waals surface area contributed by atoms with Crippen LogP contribution in [-0.4, -0.2) is 19.7 Å². The first-order valence-corrected chi connectivity index (χ1v) is 5.55. The summed E-state index contributed by atoms with van der Waals surface area (Å²) in [7, 11) is 0. The molecule has 1 aromatic rings. The Labute approximate surface area is 93.6 Å². The van der Waals surface area contributed by atoms with E-state index in [-0.39, 0.29) is 11.7 Å². The minimum absolute atomic E-state index is 0.00490. The van der Waals surface area contributed by atoms with Gasteiger partial charge in [-0.25, -0.2) is 4.39 Å². The molecule has 1 saturated heterocycles. The summed E-state index contributed by atoms with van der Waals surface area (Å²) in [6.45, 7) is 3.65. The molecule has 4 heteroatoms. The van der Waals surface area contributed by atoms with Gasteiger partial charge in [-0.05, 0) is 31.5 Å². The molecule has 1 aliphatic heterocycles. The summed E-state index contributed by atoms with van der Waals surface area (Å²) < 4.78 is 32.3. The highest BCUT2D eigenvalue weighted by molar-refractivity contribution is 5.33. The number of nitrogens with one attached hydrogen (secondary N) is 1. The summed E-state index contributed by atoms with van der Waals surface area (Å²) in [4.78, 5) is 0. The van der Waals surface area contributed by atoms with E-state index < -0.39 is 11.6 Å². The topological polar surface area (TPSA) is 21.3 Å². The molecule has 2 nitrogen and oxygen atoms in total. The van der Waals surface area contributed by atoms with Crippen molar-refractivity contribution < 1.29 is 13.5 Å². The molecule has 1 unspecified atom stereocenters. The Balaban J connectivity index is 2.30. The van der Waals surface area contributed by atoms with Crippen LogP contribution < -0.4 is 10.1 Å². The average Bonchev–Trinajstić information content (AvgIpc) is 2.79. The summed E-state index contributed by atoms with van der Waals surface area (Å²) in [5.41, 5.74) is 0.450. The fourth-order valence-electron chi connectivity index (χ4n) is 2.05. The molecule has 0 bridgehead atoms. The first kappa shape index (κ1) is 11.3. The molecule has 0 aliphatic carbocycles. The Morgan fingerprint density at radius 1 is 1.38 bits per heavy atom. The van der Waals surface area contributed by atoms with Gasteiger partial charge in [-0.15, -0.1) is 0 Å². The van der Waals surface area contributed by atoms with Gasteiger partial charge in [0.05, 0.1) is 6.61 Å². The maximum Gasteiger partial charge on any atom is 0.200 e. The minimum atomic E-state index is -0.869. The van der Waals surface area contributed by atoms with Crippen molar-refractivity contribution in [3.8, 4) is 5.75 Å². The highest BCUT2D eigenvalue weighted by Gasteiger charge is 2.23. The summed E-state index contributed by atoms with van der Waals surface area (Å²) in [5.74, 6) is -1.56. The van der Waals surface area contributed by atoms with Crippen LogP contribution in [0.15, 0.2) is 12.1 Å². The van der Waals surface area contributed by atoms with Crippen LogP contribution in [0.2, 0.25) is 0 Å². The SMILES string of the molecule is CCOc1ccc(C2CCNC2)c(F)c1F. The van der Waals surface area contributed by atoms with E-state index in [0.29, 0.717) is 18.7 Å². The van der Waals surface area contributed by atoms with E-state index in [4.69, 9.17) is 4.74 Å². The molecular formula is C12H15F2NO. The third kappa shape index (κ3) is 2.02. The lowest BCUT2D eigenvalue weighted by Crippen LogP contribution is -2.10. The summed E-state index contributed by atoms with van der Waals surface area (Å²) in [5, 5.41) is 3.14. The second kappa shape index (κ2) is 4.78. The zero-order valence-corrected chi connectivity index (χ0v) is 9.22. The van der Waals surface area contributed by atoms with Crippen LogP contribution in [0.25, 0.3) is 0 Å². The van der Waals surface area contributed by atoms with Gasteiger partial charge in [0.15, 0.2) is 11.6 Å². The van der Waals surface area contributed by atoms with Gasteiger partial charge in [-0.1, -0.05) is 6.07 Å². The van der Waals surface area contributed by atoms with E-state index in [1.165, 1.54) is 6.07 Å². The molecule has 1 N–H and O–H groups in total. The quantitative estimate of drug-likeness (QED) is 0.856. The molecule has 0 saturated carbocycles. The lowest BCUT2D eigenvalue weighted by Gasteiger charge is -2.12. The first-order valence-electron chi connectivity index (χ1n) is 5.55. The highest BCUT2D eigenvalue weighted by atomic mass is 19.2. The van der Waals surface area contributed by atoms with Gasteiger partial charge in [0.1, 0.15) is 0 Å². The zero-order valence-electron chi connectivity index (χ0n) is 9.22. The number of benzene rings is 1. The van der Waals surface area contributed by atoms with Crippen molar-refractivity contribution in [2.24, 2.45) is 0 Å². The predicted molar refractivity (Wildman–Crippen MR) is 57.8 cm³/mol. The Hall–Kier alpha value is -1.16. The molecule has 0 radical (unpaired) electrons. The van der Waals surface area contributed by atoms with E-state index in [1.54, 1.807) is 13.0 Å². The fourth-order valence-corrected chi connectivity index (χ4v) is 2.05. The lowest BCUT2D eigenvalue weighted by atomic mass is 9.97. The van der Waals surface area contributed by atoms with Crippen molar-refractivity contribution in [3.63, 3.8) is 0 Å². The van der Waals surface area contributed by atoms with Crippen molar-refractivity contribution in [1.29, 1.82) is 0 Å². The Bertz CT molecular complexity index is 376. The molecule has 1 aliphatic rings. The molecule has 16 heavy (non-hydrogen) atoms. The molecule has 1 atom stereocenters. The normalized spacial score (nSPS) is 20.1. The van der Waals surface area contributed by atoms with E-state index >= 15 is 0 Å². The Kier molecular flexibility index (Phi) is 3.39. The van der Waals surface area contributed by atoms with Crippen LogP contribution >= 0.6 is 0 Å². The molecule has 0 aromatic heterocycles. The first-order chi connectivity index (χ1) is 7.74. The van der Waals surface area contributed by atoms with Gasteiger partial charge in [0.2, 0.25) is 5.82 Å². The van der Waals surface area contributed by atoms with Gasteiger partial charge in [0.25, 0.3) is 0 Å². The minimum Gasteiger partial charge on any atom is -0.491 e. The van der Waals surface area contributed by atoms with Gasteiger partial charge in [0, 0.05) is 12.5 Å². The molecular weight excluding hydrogens is 212 g/mol. The van der Waals surface area contributed by atoms with Crippen LogP contribution in [0.5, 0.6) is 5.75 Å². The number of halogens is 2. The second-order valence-electron chi connectivity index (χ2n) is 3.90. The number of hydrogen-bond donors (Lipinski definition) is 1. The third-order valence-electron chi connectivity index (χ3n) is 2.88. The van der Waals surface area contributed by atoms with Crippen molar-refractivity contribution in [2.45, 2.75) is 19.3 Å².